The number of urea groups is 1. The minimum absolute atomic E-state index is 0.0273. The number of nitrogens with zero attached hydrogens (tertiary/aromatic N) is 1. The lowest BCUT2D eigenvalue weighted by Crippen LogP contribution is -2.33. The normalized spacial score (nSPS) is 9.88. The van der Waals surface area contributed by atoms with Crippen molar-refractivity contribution in [3.63, 3.8) is 0 Å². The smallest absolute Gasteiger partial charge is 0.327 e. The molecule has 0 aliphatic rings. The first kappa shape index (κ1) is 12.9. The van der Waals surface area contributed by atoms with Gasteiger partial charge in [0.2, 0.25) is 0 Å². The highest BCUT2D eigenvalue weighted by Crippen LogP contribution is 2.10. The maximum Gasteiger partial charge on any atom is 0.327 e. The van der Waals surface area contributed by atoms with Crippen LogP contribution in [-0.2, 0) is 6.42 Å². The molecule has 0 radical (unpaired) electrons. The first-order valence-corrected chi connectivity index (χ1v) is 6.36. The molecular weight excluding hydrogens is 220 g/mol. The number of nitrogens with one attached hydrogen (secondary N) is 1. The molecule has 0 aliphatic heterocycles. The summed E-state index contributed by atoms with van der Waals surface area (Å²) >= 11 is 1.54. The largest absolute Gasteiger partial charge is 0.338 e. The summed E-state index contributed by atoms with van der Waals surface area (Å²) in [6, 6.07) is 10.3. The summed E-state index contributed by atoms with van der Waals surface area (Å²) in [5.41, 5.74) is 1.30. The molecular formula is C12H18N2OS. The number of benzene rings is 1. The van der Waals surface area contributed by atoms with Crippen molar-refractivity contribution in [1.29, 1.82) is 0 Å². The maximum atomic E-state index is 11.4. The van der Waals surface area contributed by atoms with Gasteiger partial charge in [0.25, 0.3) is 0 Å². The topological polar surface area (TPSA) is 32.3 Å². The molecule has 0 heterocycles. The van der Waals surface area contributed by atoms with Gasteiger partial charge in [-0.05, 0) is 30.9 Å². The van der Waals surface area contributed by atoms with Crippen LogP contribution in [0, 0.1) is 0 Å². The molecule has 3 nitrogen and oxygen atoms in total. The molecule has 0 aromatic heterocycles. The highest BCUT2D eigenvalue weighted by Gasteiger charge is 2.06. The van der Waals surface area contributed by atoms with Crippen LogP contribution in [0.25, 0.3) is 0 Å². The van der Waals surface area contributed by atoms with E-state index in [1.165, 1.54) is 5.56 Å². The second kappa shape index (κ2) is 7.17. The average Bonchev–Trinajstić information content (AvgIpc) is 2.30. The standard InChI is InChI=1S/C12H18N2OS/c1-3-13-12(15)14(2)16-10-9-11-7-5-4-6-8-11/h4-8H,3,9-10H2,1-2H3,(H,13,15). The van der Waals surface area contributed by atoms with Crippen LogP contribution < -0.4 is 5.32 Å². The maximum absolute atomic E-state index is 11.4. The molecule has 0 unspecified atom stereocenters. The summed E-state index contributed by atoms with van der Waals surface area (Å²) in [6.07, 6.45) is 0.981. The number of carbonyl (C=O) groups is 1. The molecule has 2 amide bonds. The van der Waals surface area contributed by atoms with Crippen molar-refractivity contribution < 1.29 is 4.79 Å². The van der Waals surface area contributed by atoms with Crippen molar-refractivity contribution in [1.82, 2.24) is 9.62 Å². The van der Waals surface area contributed by atoms with Crippen molar-refractivity contribution >= 4 is 18.0 Å². The summed E-state index contributed by atoms with van der Waals surface area (Å²) in [5.74, 6) is 0.914. The monoisotopic (exact) mass is 238 g/mol. The molecule has 1 aromatic carbocycles. The summed E-state index contributed by atoms with van der Waals surface area (Å²) in [6.45, 7) is 2.59. The van der Waals surface area contributed by atoms with E-state index in [9.17, 15) is 4.79 Å². The van der Waals surface area contributed by atoms with Gasteiger partial charge < -0.3 is 5.32 Å². The minimum Gasteiger partial charge on any atom is -0.338 e. The van der Waals surface area contributed by atoms with E-state index in [1.807, 2.05) is 25.1 Å². The lowest BCUT2D eigenvalue weighted by Gasteiger charge is -2.15. The molecule has 4 heteroatoms. The second-order valence-corrected chi connectivity index (χ2v) is 4.62. The van der Waals surface area contributed by atoms with Crippen LogP contribution in [0.5, 0.6) is 0 Å². The lowest BCUT2D eigenvalue weighted by atomic mass is 10.2. The summed E-state index contributed by atoms with van der Waals surface area (Å²) < 4.78 is 1.65. The van der Waals surface area contributed by atoms with E-state index in [1.54, 1.807) is 23.3 Å². The van der Waals surface area contributed by atoms with E-state index in [0.717, 1.165) is 12.2 Å². The van der Waals surface area contributed by atoms with Crippen LogP contribution in [0.4, 0.5) is 4.79 Å². The highest BCUT2D eigenvalue weighted by atomic mass is 32.2. The highest BCUT2D eigenvalue weighted by molar-refractivity contribution is 7.97. The Kier molecular flexibility index (Phi) is 5.78. The van der Waals surface area contributed by atoms with E-state index in [2.05, 4.69) is 17.4 Å². The zero-order valence-electron chi connectivity index (χ0n) is 9.77. The van der Waals surface area contributed by atoms with Crippen molar-refractivity contribution in [2.75, 3.05) is 19.3 Å². The number of aryl methyl sites for hydroxylation is 1. The quantitative estimate of drug-likeness (QED) is 0.800. The van der Waals surface area contributed by atoms with E-state index in [4.69, 9.17) is 0 Å². The van der Waals surface area contributed by atoms with Gasteiger partial charge in [-0.25, -0.2) is 4.79 Å². The van der Waals surface area contributed by atoms with Crippen LogP contribution in [0.2, 0.25) is 0 Å². The van der Waals surface area contributed by atoms with Gasteiger partial charge in [0.05, 0.1) is 0 Å². The van der Waals surface area contributed by atoms with Crippen LogP contribution in [0.3, 0.4) is 0 Å². The van der Waals surface area contributed by atoms with Gasteiger partial charge in [0.15, 0.2) is 0 Å². The lowest BCUT2D eigenvalue weighted by molar-refractivity contribution is 0.231. The predicted molar refractivity (Wildman–Crippen MR) is 69.4 cm³/mol. The van der Waals surface area contributed by atoms with Crippen molar-refractivity contribution in [2.24, 2.45) is 0 Å². The number of rotatable bonds is 5. The van der Waals surface area contributed by atoms with Crippen molar-refractivity contribution in [3.05, 3.63) is 35.9 Å². The van der Waals surface area contributed by atoms with E-state index < -0.39 is 0 Å². The molecule has 1 rings (SSSR count). The Bertz CT molecular complexity index is 316. The third kappa shape index (κ3) is 4.57. The molecule has 16 heavy (non-hydrogen) atoms. The van der Waals surface area contributed by atoms with Gasteiger partial charge in [0.1, 0.15) is 0 Å². The molecule has 0 aliphatic carbocycles. The minimum atomic E-state index is -0.0273. The zero-order valence-corrected chi connectivity index (χ0v) is 10.6. The Morgan fingerprint density at radius 2 is 2.06 bits per heavy atom. The second-order valence-electron chi connectivity index (χ2n) is 3.40. The molecule has 0 saturated heterocycles. The van der Waals surface area contributed by atoms with Crippen LogP contribution in [0.1, 0.15) is 12.5 Å². The van der Waals surface area contributed by atoms with Gasteiger partial charge in [-0.2, -0.15) is 0 Å². The fourth-order valence-electron chi connectivity index (χ4n) is 1.27. The van der Waals surface area contributed by atoms with Crippen LogP contribution in [-0.4, -0.2) is 29.7 Å². The van der Waals surface area contributed by atoms with E-state index >= 15 is 0 Å². The van der Waals surface area contributed by atoms with Gasteiger partial charge in [0, 0.05) is 19.3 Å². The number of carbonyl (C=O) groups excluding carboxylic acids is 1. The fraction of sp³-hybridized carbons (Fsp3) is 0.417. The Balaban J connectivity index is 2.23. The molecule has 0 bridgehead atoms. The number of amides is 2. The van der Waals surface area contributed by atoms with Gasteiger partial charge >= 0.3 is 6.03 Å². The van der Waals surface area contributed by atoms with E-state index in [-0.39, 0.29) is 6.03 Å². The number of hydrogen-bond acceptors (Lipinski definition) is 2. The van der Waals surface area contributed by atoms with Gasteiger partial charge in [-0.3, -0.25) is 4.31 Å². The van der Waals surface area contributed by atoms with Gasteiger partial charge in [-0.15, -0.1) is 0 Å². The third-order valence-electron chi connectivity index (χ3n) is 2.13. The molecule has 0 atom stereocenters. The third-order valence-corrected chi connectivity index (χ3v) is 3.07. The summed E-state index contributed by atoms with van der Waals surface area (Å²) in [7, 11) is 1.79. The van der Waals surface area contributed by atoms with Gasteiger partial charge in [-0.1, -0.05) is 30.3 Å². The molecule has 1 aromatic rings. The molecule has 0 spiro atoms. The first-order chi connectivity index (χ1) is 7.74. The molecule has 0 saturated carbocycles. The predicted octanol–water partition coefficient (Wildman–Crippen LogP) is 2.54. The van der Waals surface area contributed by atoms with Crippen LogP contribution >= 0.6 is 11.9 Å². The summed E-state index contributed by atoms with van der Waals surface area (Å²) in [5, 5.41) is 2.76. The van der Waals surface area contributed by atoms with Crippen molar-refractivity contribution in [2.45, 2.75) is 13.3 Å². The fourth-order valence-corrected chi connectivity index (χ4v) is 2.05. The Labute approximate surface area is 101 Å². The zero-order chi connectivity index (χ0) is 11.8. The average molecular weight is 238 g/mol. The first-order valence-electron chi connectivity index (χ1n) is 5.42. The molecule has 88 valence electrons. The van der Waals surface area contributed by atoms with E-state index in [0.29, 0.717) is 6.54 Å². The molecule has 0 fully saturated rings. The van der Waals surface area contributed by atoms with Crippen molar-refractivity contribution in [3.8, 4) is 0 Å². The Hall–Kier alpha value is -1.16. The summed E-state index contributed by atoms with van der Waals surface area (Å²) in [4.78, 5) is 11.4. The Morgan fingerprint density at radius 1 is 1.38 bits per heavy atom. The Morgan fingerprint density at radius 3 is 2.69 bits per heavy atom. The number of hydrogen-bond donors (Lipinski definition) is 1. The SMILES string of the molecule is CCNC(=O)N(C)SCCc1ccccc1. The van der Waals surface area contributed by atoms with Crippen LogP contribution in [0.15, 0.2) is 30.3 Å². The molecule has 1 N–H and O–H groups in total.